The Morgan fingerprint density at radius 3 is 2.86 bits per heavy atom. The number of nitrogens with two attached hydrogens (primary N) is 1. The molecule has 0 saturated heterocycles. The number of carbonyl (C=O) groups is 1. The topological polar surface area (TPSA) is 55.1 Å². The van der Waals surface area contributed by atoms with Crippen LogP contribution in [0.5, 0.6) is 0 Å². The van der Waals surface area contributed by atoms with Crippen LogP contribution in [0.15, 0.2) is 16.8 Å². The van der Waals surface area contributed by atoms with Crippen molar-refractivity contribution in [1.29, 1.82) is 0 Å². The molecule has 2 atom stereocenters. The molecule has 1 amide bonds. The van der Waals surface area contributed by atoms with E-state index < -0.39 is 0 Å². The molecule has 0 aliphatic rings. The van der Waals surface area contributed by atoms with Crippen LogP contribution in [0.1, 0.15) is 19.4 Å². The summed E-state index contributed by atoms with van der Waals surface area (Å²) >= 11 is 1.63. The van der Waals surface area contributed by atoms with Crippen LogP contribution in [0.3, 0.4) is 0 Å². The molecule has 0 aliphatic heterocycles. The zero-order valence-corrected chi connectivity index (χ0v) is 9.30. The van der Waals surface area contributed by atoms with Gasteiger partial charge in [0.05, 0.1) is 0 Å². The fourth-order valence-corrected chi connectivity index (χ4v) is 1.65. The third kappa shape index (κ3) is 3.12. The van der Waals surface area contributed by atoms with Crippen LogP contribution in [0.4, 0.5) is 0 Å². The molecular formula is C10H16N2OS. The highest BCUT2D eigenvalue weighted by Crippen LogP contribution is 2.06. The summed E-state index contributed by atoms with van der Waals surface area (Å²) in [7, 11) is 0. The molecule has 3 nitrogen and oxygen atoms in total. The molecule has 1 rings (SSSR count). The maximum absolute atomic E-state index is 11.5. The van der Waals surface area contributed by atoms with Crippen LogP contribution < -0.4 is 11.1 Å². The molecule has 78 valence electrons. The van der Waals surface area contributed by atoms with Gasteiger partial charge in [-0.2, -0.15) is 11.3 Å². The Balaban J connectivity index is 2.35. The second-order valence-electron chi connectivity index (χ2n) is 3.50. The Labute approximate surface area is 88.3 Å². The van der Waals surface area contributed by atoms with Crippen molar-refractivity contribution < 1.29 is 4.79 Å². The van der Waals surface area contributed by atoms with E-state index in [1.54, 1.807) is 11.3 Å². The molecule has 14 heavy (non-hydrogen) atoms. The summed E-state index contributed by atoms with van der Waals surface area (Å²) in [5.74, 6) is -0.111. The number of carbonyl (C=O) groups excluding carboxylic acids is 1. The summed E-state index contributed by atoms with van der Waals surface area (Å²) in [4.78, 5) is 11.5. The average Bonchev–Trinajstić information content (AvgIpc) is 2.65. The Hall–Kier alpha value is -0.870. The van der Waals surface area contributed by atoms with Crippen molar-refractivity contribution in [3.63, 3.8) is 0 Å². The summed E-state index contributed by atoms with van der Waals surface area (Å²) in [6.45, 7) is 4.28. The molecule has 4 heteroatoms. The Morgan fingerprint density at radius 2 is 2.36 bits per heavy atom. The van der Waals surface area contributed by atoms with Gasteiger partial charge < -0.3 is 11.1 Å². The van der Waals surface area contributed by atoms with E-state index >= 15 is 0 Å². The van der Waals surface area contributed by atoms with Gasteiger partial charge in [0.1, 0.15) is 0 Å². The van der Waals surface area contributed by atoms with E-state index in [2.05, 4.69) is 5.32 Å². The minimum Gasteiger partial charge on any atom is -0.352 e. The number of hydrogen-bond acceptors (Lipinski definition) is 3. The highest BCUT2D eigenvalue weighted by Gasteiger charge is 2.16. The van der Waals surface area contributed by atoms with Crippen molar-refractivity contribution in [3.8, 4) is 0 Å². The summed E-state index contributed by atoms with van der Waals surface area (Å²) < 4.78 is 0. The second-order valence-corrected chi connectivity index (χ2v) is 4.28. The predicted octanol–water partition coefficient (Wildman–Crippen LogP) is 1.35. The minimum atomic E-state index is -0.131. The number of nitrogens with one attached hydrogen (secondary N) is 1. The van der Waals surface area contributed by atoms with Gasteiger partial charge in [-0.05, 0) is 29.3 Å². The van der Waals surface area contributed by atoms with E-state index in [0.29, 0.717) is 6.54 Å². The molecule has 0 saturated carbocycles. The van der Waals surface area contributed by atoms with Crippen molar-refractivity contribution in [2.24, 2.45) is 11.7 Å². The lowest BCUT2D eigenvalue weighted by Crippen LogP contribution is -2.38. The van der Waals surface area contributed by atoms with Crippen molar-refractivity contribution in [2.75, 3.05) is 0 Å². The van der Waals surface area contributed by atoms with E-state index in [4.69, 9.17) is 5.73 Å². The lowest BCUT2D eigenvalue weighted by Gasteiger charge is -2.14. The first-order chi connectivity index (χ1) is 6.61. The van der Waals surface area contributed by atoms with Gasteiger partial charge in [0.15, 0.2) is 0 Å². The third-order valence-electron chi connectivity index (χ3n) is 2.25. The van der Waals surface area contributed by atoms with Crippen LogP contribution in [0.25, 0.3) is 0 Å². The highest BCUT2D eigenvalue weighted by molar-refractivity contribution is 7.07. The Morgan fingerprint density at radius 1 is 1.64 bits per heavy atom. The van der Waals surface area contributed by atoms with Gasteiger partial charge in [-0.3, -0.25) is 4.79 Å². The summed E-state index contributed by atoms with van der Waals surface area (Å²) in [6, 6.07) is 1.90. The number of thiophene rings is 1. The molecule has 0 fully saturated rings. The van der Waals surface area contributed by atoms with E-state index in [1.165, 1.54) is 0 Å². The van der Waals surface area contributed by atoms with Crippen molar-refractivity contribution >= 4 is 17.2 Å². The standard InChI is InChI=1S/C10H16N2OS/c1-7(8(2)11)10(13)12-5-9-3-4-14-6-9/h3-4,6-8H,5,11H2,1-2H3,(H,12,13). The molecule has 0 aliphatic carbocycles. The highest BCUT2D eigenvalue weighted by atomic mass is 32.1. The lowest BCUT2D eigenvalue weighted by atomic mass is 10.0. The zero-order valence-electron chi connectivity index (χ0n) is 8.49. The first kappa shape index (κ1) is 11.2. The third-order valence-corrected chi connectivity index (χ3v) is 2.98. The molecule has 0 bridgehead atoms. The van der Waals surface area contributed by atoms with Gasteiger partial charge in [0.25, 0.3) is 0 Å². The van der Waals surface area contributed by atoms with Crippen LogP contribution in [-0.4, -0.2) is 11.9 Å². The lowest BCUT2D eigenvalue weighted by molar-refractivity contribution is -0.125. The molecule has 3 N–H and O–H groups in total. The molecule has 0 radical (unpaired) electrons. The summed E-state index contributed by atoms with van der Waals surface area (Å²) in [5, 5.41) is 6.88. The maximum atomic E-state index is 11.5. The SMILES string of the molecule is CC(N)C(C)C(=O)NCc1ccsc1. The molecule has 1 aromatic rings. The van der Waals surface area contributed by atoms with E-state index in [1.807, 2.05) is 30.7 Å². The van der Waals surface area contributed by atoms with E-state index in [-0.39, 0.29) is 17.9 Å². The molecule has 0 spiro atoms. The van der Waals surface area contributed by atoms with Crippen molar-refractivity contribution in [1.82, 2.24) is 5.32 Å². The van der Waals surface area contributed by atoms with Gasteiger partial charge >= 0.3 is 0 Å². The maximum Gasteiger partial charge on any atom is 0.224 e. The molecule has 1 heterocycles. The first-order valence-corrected chi connectivity index (χ1v) is 5.60. The van der Waals surface area contributed by atoms with Gasteiger partial charge in [-0.25, -0.2) is 0 Å². The molecule has 0 aromatic carbocycles. The van der Waals surface area contributed by atoms with Gasteiger partial charge in [-0.1, -0.05) is 6.92 Å². The first-order valence-electron chi connectivity index (χ1n) is 4.65. The zero-order chi connectivity index (χ0) is 10.6. The number of rotatable bonds is 4. The monoisotopic (exact) mass is 212 g/mol. The second kappa shape index (κ2) is 5.12. The molecule has 2 unspecified atom stereocenters. The fourth-order valence-electron chi connectivity index (χ4n) is 0.982. The van der Waals surface area contributed by atoms with Crippen molar-refractivity contribution in [3.05, 3.63) is 22.4 Å². The normalized spacial score (nSPS) is 14.8. The van der Waals surface area contributed by atoms with E-state index in [0.717, 1.165) is 5.56 Å². The quantitative estimate of drug-likeness (QED) is 0.791. The average molecular weight is 212 g/mol. The van der Waals surface area contributed by atoms with Gasteiger partial charge in [0, 0.05) is 18.5 Å². The van der Waals surface area contributed by atoms with Crippen molar-refractivity contribution in [2.45, 2.75) is 26.4 Å². The number of hydrogen-bond donors (Lipinski definition) is 2. The van der Waals surface area contributed by atoms with Crippen LogP contribution in [0, 0.1) is 5.92 Å². The van der Waals surface area contributed by atoms with Crippen LogP contribution >= 0.6 is 11.3 Å². The Bertz CT molecular complexity index is 282. The molecule has 1 aromatic heterocycles. The molecular weight excluding hydrogens is 196 g/mol. The predicted molar refractivity (Wildman–Crippen MR) is 59.0 cm³/mol. The van der Waals surface area contributed by atoms with E-state index in [9.17, 15) is 4.79 Å². The summed E-state index contributed by atoms with van der Waals surface area (Å²) in [6.07, 6.45) is 0. The van der Waals surface area contributed by atoms with Crippen LogP contribution in [-0.2, 0) is 11.3 Å². The van der Waals surface area contributed by atoms with Gasteiger partial charge in [0.2, 0.25) is 5.91 Å². The summed E-state index contributed by atoms with van der Waals surface area (Å²) in [5.41, 5.74) is 6.77. The Kier molecular flexibility index (Phi) is 4.10. The smallest absolute Gasteiger partial charge is 0.224 e. The fraction of sp³-hybridized carbons (Fsp3) is 0.500. The number of amides is 1. The van der Waals surface area contributed by atoms with Crippen LogP contribution in [0.2, 0.25) is 0 Å². The van der Waals surface area contributed by atoms with Gasteiger partial charge in [-0.15, -0.1) is 0 Å². The minimum absolute atomic E-state index is 0.0196. The largest absolute Gasteiger partial charge is 0.352 e.